The number of methoxy groups -OCH3 is 1. The van der Waals surface area contributed by atoms with Crippen LogP contribution in [0.15, 0.2) is 36.5 Å². The van der Waals surface area contributed by atoms with Crippen LogP contribution in [-0.2, 0) is 14.8 Å². The third-order valence-electron chi connectivity index (χ3n) is 6.64. The summed E-state index contributed by atoms with van der Waals surface area (Å²) in [4.78, 5) is 20.1. The van der Waals surface area contributed by atoms with E-state index in [1.54, 1.807) is 25.3 Å². The number of benzene rings is 2. The maximum atomic E-state index is 15.7. The van der Waals surface area contributed by atoms with E-state index in [9.17, 15) is 12.8 Å². The van der Waals surface area contributed by atoms with Gasteiger partial charge in [0.25, 0.3) is 0 Å². The number of sulfonamides is 1. The number of ether oxygens (including phenoxy) is 2. The van der Waals surface area contributed by atoms with E-state index in [1.807, 2.05) is 0 Å². The van der Waals surface area contributed by atoms with Crippen LogP contribution in [0.25, 0.3) is 33.4 Å². The highest BCUT2D eigenvalue weighted by atomic mass is 32.2. The van der Waals surface area contributed by atoms with E-state index < -0.39 is 28.3 Å². The zero-order valence-electron chi connectivity index (χ0n) is 22.5. The highest BCUT2D eigenvalue weighted by molar-refractivity contribution is 7.92. The smallest absolute Gasteiger partial charge is 0.232 e. The average molecular weight is 586 g/mol. The number of nitrogens with two attached hydrogens (primary N) is 1. The molecule has 14 heteroatoms. The van der Waals surface area contributed by atoms with Crippen LogP contribution >= 0.6 is 0 Å². The number of nitrogen functional groups attached to an aromatic ring is 1. The number of nitrogens with zero attached hydrogens (tertiary/aromatic N) is 5. The van der Waals surface area contributed by atoms with Gasteiger partial charge >= 0.3 is 0 Å². The molecule has 0 saturated carbocycles. The van der Waals surface area contributed by atoms with Crippen LogP contribution in [0, 0.1) is 12.7 Å². The summed E-state index contributed by atoms with van der Waals surface area (Å²) in [6, 6.07) is 7.77. The van der Waals surface area contributed by atoms with Crippen LogP contribution in [0.2, 0.25) is 0 Å². The molecule has 11 nitrogen and oxygen atoms in total. The number of aromatic nitrogens is 4. The molecule has 1 fully saturated rings. The fraction of sp³-hybridized carbons (Fsp3) is 0.333. The van der Waals surface area contributed by atoms with Gasteiger partial charge in [-0.05, 0) is 37.1 Å². The minimum absolute atomic E-state index is 0.135. The largest absolute Gasteiger partial charge is 0.494 e. The monoisotopic (exact) mass is 585 g/mol. The van der Waals surface area contributed by atoms with Crippen LogP contribution in [0.4, 0.5) is 26.2 Å². The highest BCUT2D eigenvalue weighted by Gasteiger charge is 2.23. The van der Waals surface area contributed by atoms with Gasteiger partial charge in [-0.15, -0.1) is 0 Å². The molecule has 0 bridgehead atoms. The number of rotatable bonds is 9. The highest BCUT2D eigenvalue weighted by Crippen LogP contribution is 2.39. The predicted octanol–water partition coefficient (Wildman–Crippen LogP) is 3.73. The molecule has 0 aliphatic carbocycles. The van der Waals surface area contributed by atoms with Gasteiger partial charge in [0, 0.05) is 30.2 Å². The molecule has 2 aromatic carbocycles. The van der Waals surface area contributed by atoms with Crippen LogP contribution in [-0.4, -0.2) is 74.2 Å². The number of hydrogen-bond acceptors (Lipinski definition) is 10. The molecule has 2 aromatic heterocycles. The molecular formula is C27H29F2N7O4S. The Hall–Kier alpha value is -4.17. The molecule has 4 aromatic rings. The van der Waals surface area contributed by atoms with Crippen LogP contribution < -0.4 is 20.1 Å². The molecule has 0 atom stereocenters. The number of hydrogen-bond donors (Lipinski definition) is 2. The SMILES string of the molecule is COc1cc(-c2cccc(NS(=O)(=O)CCCF)c2F)cc2c(N3CCOCC3)nc(-c3cnc(N)nc3C)nc12. The van der Waals surface area contributed by atoms with E-state index in [0.29, 0.717) is 71.4 Å². The van der Waals surface area contributed by atoms with Gasteiger partial charge in [-0.3, -0.25) is 9.11 Å². The van der Waals surface area contributed by atoms with Gasteiger partial charge in [-0.25, -0.2) is 32.7 Å². The van der Waals surface area contributed by atoms with E-state index in [0.717, 1.165) is 0 Å². The molecule has 0 radical (unpaired) electrons. The Morgan fingerprint density at radius 1 is 1.15 bits per heavy atom. The number of fused-ring (bicyclic) bond motifs is 1. The molecule has 1 aliphatic rings. The molecule has 0 spiro atoms. The first-order valence-corrected chi connectivity index (χ1v) is 14.5. The lowest BCUT2D eigenvalue weighted by Crippen LogP contribution is -2.37. The van der Waals surface area contributed by atoms with Crippen molar-refractivity contribution in [3.05, 3.63) is 48.0 Å². The Labute approximate surface area is 235 Å². The zero-order valence-corrected chi connectivity index (χ0v) is 23.3. The van der Waals surface area contributed by atoms with Crippen molar-refractivity contribution in [3.63, 3.8) is 0 Å². The summed E-state index contributed by atoms with van der Waals surface area (Å²) in [5.41, 5.74) is 7.76. The predicted molar refractivity (Wildman–Crippen MR) is 153 cm³/mol. The number of morpholine rings is 1. The van der Waals surface area contributed by atoms with Gasteiger partial charge in [-0.2, -0.15) is 0 Å². The summed E-state index contributed by atoms with van der Waals surface area (Å²) >= 11 is 0. The maximum Gasteiger partial charge on any atom is 0.232 e. The van der Waals surface area contributed by atoms with Crippen molar-refractivity contribution in [2.75, 3.05) is 61.2 Å². The summed E-state index contributed by atoms with van der Waals surface area (Å²) in [5, 5.41) is 0.604. The van der Waals surface area contributed by atoms with Crippen molar-refractivity contribution < 1.29 is 26.7 Å². The second kappa shape index (κ2) is 11.7. The quantitative estimate of drug-likeness (QED) is 0.298. The zero-order chi connectivity index (χ0) is 29.1. The molecular weight excluding hydrogens is 556 g/mol. The number of halogens is 2. The fourth-order valence-corrected chi connectivity index (χ4v) is 5.72. The Morgan fingerprint density at radius 2 is 1.93 bits per heavy atom. The van der Waals surface area contributed by atoms with Gasteiger partial charge < -0.3 is 20.1 Å². The lowest BCUT2D eigenvalue weighted by Gasteiger charge is -2.29. The number of anilines is 3. The second-order valence-corrected chi connectivity index (χ2v) is 11.2. The topological polar surface area (TPSA) is 145 Å². The average Bonchev–Trinajstić information content (AvgIpc) is 2.96. The Bertz CT molecular complexity index is 1700. The van der Waals surface area contributed by atoms with Gasteiger partial charge in [0.15, 0.2) is 11.6 Å². The van der Waals surface area contributed by atoms with Crippen LogP contribution in [0.5, 0.6) is 5.75 Å². The molecule has 1 aliphatic heterocycles. The van der Waals surface area contributed by atoms with Gasteiger partial charge in [-0.1, -0.05) is 12.1 Å². The summed E-state index contributed by atoms with van der Waals surface area (Å²) in [7, 11) is -2.45. The van der Waals surface area contributed by atoms with Crippen molar-refractivity contribution in [3.8, 4) is 28.3 Å². The van der Waals surface area contributed by atoms with Gasteiger partial charge in [0.05, 0.1) is 49.7 Å². The number of nitrogens with one attached hydrogen (secondary N) is 1. The van der Waals surface area contributed by atoms with Crippen molar-refractivity contribution in [2.45, 2.75) is 13.3 Å². The molecule has 0 unspecified atom stereocenters. The molecule has 41 heavy (non-hydrogen) atoms. The van der Waals surface area contributed by atoms with E-state index in [4.69, 9.17) is 25.2 Å². The maximum absolute atomic E-state index is 15.7. The van der Waals surface area contributed by atoms with Gasteiger partial charge in [0.1, 0.15) is 17.1 Å². The number of alkyl halides is 1. The molecule has 216 valence electrons. The van der Waals surface area contributed by atoms with E-state index in [1.165, 1.54) is 25.3 Å². The first kappa shape index (κ1) is 28.4. The van der Waals surface area contributed by atoms with Crippen LogP contribution in [0.3, 0.4) is 0 Å². The van der Waals surface area contributed by atoms with E-state index in [2.05, 4.69) is 19.6 Å². The summed E-state index contributed by atoms with van der Waals surface area (Å²) < 4.78 is 66.4. The standard InChI is InChI=1S/C27H29F2N7O4S/c1-16-20(15-31-27(30)32-16)25-33-24-19(26(34-25)36-8-10-40-11-9-36)13-17(14-22(24)39-2)18-5-3-6-21(23(18)29)35-41(37,38)12-4-7-28/h3,5-6,13-15,35H,4,7-12H2,1-2H3,(H2,30,31,32). The molecule has 1 saturated heterocycles. The van der Waals surface area contributed by atoms with Gasteiger partial charge in [0.2, 0.25) is 16.0 Å². The normalized spacial score (nSPS) is 13.9. The van der Waals surface area contributed by atoms with Crippen molar-refractivity contribution >= 4 is 38.4 Å². The Morgan fingerprint density at radius 3 is 2.63 bits per heavy atom. The summed E-state index contributed by atoms with van der Waals surface area (Å²) in [6.45, 7) is 3.14. The Kier molecular flexibility index (Phi) is 8.13. The Balaban J connectivity index is 1.68. The molecule has 0 amide bonds. The van der Waals surface area contributed by atoms with E-state index >= 15 is 4.39 Å². The molecule has 3 N–H and O–H groups in total. The fourth-order valence-electron chi connectivity index (χ4n) is 4.63. The third-order valence-corrected chi connectivity index (χ3v) is 7.99. The minimum atomic E-state index is -3.94. The van der Waals surface area contributed by atoms with Crippen molar-refractivity contribution in [2.24, 2.45) is 0 Å². The molecule has 5 rings (SSSR count). The first-order chi connectivity index (χ1) is 19.7. The summed E-state index contributed by atoms with van der Waals surface area (Å²) in [6.07, 6.45) is 1.38. The lowest BCUT2D eigenvalue weighted by atomic mass is 10.0. The third kappa shape index (κ3) is 5.98. The lowest BCUT2D eigenvalue weighted by molar-refractivity contribution is 0.122. The first-order valence-electron chi connectivity index (χ1n) is 12.9. The van der Waals surface area contributed by atoms with Crippen molar-refractivity contribution in [1.82, 2.24) is 19.9 Å². The van der Waals surface area contributed by atoms with Crippen molar-refractivity contribution in [1.29, 1.82) is 0 Å². The summed E-state index contributed by atoms with van der Waals surface area (Å²) in [5.74, 6) is 0.219. The number of aryl methyl sites for hydroxylation is 1. The molecule has 3 heterocycles. The minimum Gasteiger partial charge on any atom is -0.494 e. The second-order valence-electron chi connectivity index (χ2n) is 9.40. The van der Waals surface area contributed by atoms with E-state index in [-0.39, 0.29) is 23.6 Å². The van der Waals surface area contributed by atoms with Crippen LogP contribution in [0.1, 0.15) is 12.1 Å².